The molecule has 1 N–H and O–H groups in total. The van der Waals surface area contributed by atoms with Crippen LogP contribution in [0.1, 0.15) is 60.8 Å². The van der Waals surface area contributed by atoms with Crippen LogP contribution in [0.3, 0.4) is 0 Å². The summed E-state index contributed by atoms with van der Waals surface area (Å²) in [5.41, 5.74) is -0.840. The Morgan fingerprint density at radius 2 is 1.69 bits per heavy atom. The lowest BCUT2D eigenvalue weighted by atomic mass is 9.97. The predicted molar refractivity (Wildman–Crippen MR) is 98.4 cm³/mol. The summed E-state index contributed by atoms with van der Waals surface area (Å²) in [4.78, 5) is 61.0. The number of rotatable bonds is 8. The Kier molecular flexibility index (Phi) is 8.16. The second kappa shape index (κ2) is 9.71. The van der Waals surface area contributed by atoms with Crippen molar-refractivity contribution >= 4 is 29.8 Å². The van der Waals surface area contributed by atoms with Gasteiger partial charge in [-0.3, -0.25) is 14.4 Å². The Morgan fingerprint density at radius 1 is 1.14 bits per heavy atom. The minimum absolute atomic E-state index is 0.0950. The van der Waals surface area contributed by atoms with Crippen LogP contribution in [-0.4, -0.2) is 53.8 Å². The number of alkyl carbamates (subject to hydrolysis) is 1. The fourth-order valence-electron chi connectivity index (χ4n) is 2.36. The molecule has 0 aromatic heterocycles. The van der Waals surface area contributed by atoms with Crippen LogP contribution in [0.25, 0.3) is 0 Å². The van der Waals surface area contributed by atoms with Gasteiger partial charge in [-0.05, 0) is 27.2 Å². The molecule has 1 atom stereocenters. The zero-order valence-corrected chi connectivity index (χ0v) is 17.7. The molecule has 1 fully saturated rings. The number of esters is 3. The number of hydrogen-bond acceptors (Lipinski definition) is 9. The van der Waals surface area contributed by atoms with Gasteiger partial charge in [0, 0.05) is 20.3 Å². The number of Topliss-reactive ketones (excluding diaryl/α,β-unsaturated/α-hetero) is 1. The maximum absolute atomic E-state index is 12.5. The van der Waals surface area contributed by atoms with E-state index in [1.165, 1.54) is 13.8 Å². The molecule has 164 valence electrons. The first-order valence-corrected chi connectivity index (χ1v) is 9.40. The zero-order valence-electron chi connectivity index (χ0n) is 17.7. The van der Waals surface area contributed by atoms with E-state index >= 15 is 0 Å². The summed E-state index contributed by atoms with van der Waals surface area (Å²) in [6.07, 6.45) is -0.252. The summed E-state index contributed by atoms with van der Waals surface area (Å²) < 4.78 is 20.0. The number of nitrogens with one attached hydrogen (secondary N) is 1. The molecule has 0 bridgehead atoms. The minimum Gasteiger partial charge on any atom is -0.464 e. The Balaban J connectivity index is 2.90. The molecule has 1 amide bonds. The maximum Gasteiger partial charge on any atom is 0.408 e. The van der Waals surface area contributed by atoms with Gasteiger partial charge in [0.2, 0.25) is 5.92 Å². The molecule has 1 rings (SSSR count). The third kappa shape index (κ3) is 8.08. The van der Waals surface area contributed by atoms with Crippen LogP contribution in [0.4, 0.5) is 4.79 Å². The second-order valence-electron chi connectivity index (χ2n) is 8.07. The quantitative estimate of drug-likeness (QED) is 0.272. The van der Waals surface area contributed by atoms with Gasteiger partial charge in [0.15, 0.2) is 5.78 Å². The highest BCUT2D eigenvalue weighted by molar-refractivity contribution is 6.16. The van der Waals surface area contributed by atoms with Gasteiger partial charge in [-0.15, -0.1) is 0 Å². The average molecular weight is 415 g/mol. The Hall–Kier alpha value is -2.65. The molecule has 1 heterocycles. The lowest BCUT2D eigenvalue weighted by Crippen LogP contribution is -2.51. The van der Waals surface area contributed by atoms with E-state index in [4.69, 9.17) is 18.9 Å². The van der Waals surface area contributed by atoms with Crippen LogP contribution in [0.2, 0.25) is 0 Å². The number of ether oxygens (including phenoxy) is 4. The standard InChI is InChI=1S/C19H29NO9/c1-7-8-9-26-14(22)11(20-17(25)29-18(2,3)4)10-12(21)13-15(23)27-19(5,6)28-16(13)24/h11,13H,7-10H2,1-6H3,(H,20,25)/t11-/m0/s1. The van der Waals surface area contributed by atoms with Crippen LogP contribution in [-0.2, 0) is 38.1 Å². The van der Waals surface area contributed by atoms with Crippen LogP contribution < -0.4 is 5.32 Å². The molecule has 1 aliphatic rings. The van der Waals surface area contributed by atoms with E-state index in [0.717, 1.165) is 6.42 Å². The van der Waals surface area contributed by atoms with Gasteiger partial charge in [-0.25, -0.2) is 9.59 Å². The van der Waals surface area contributed by atoms with Crippen molar-refractivity contribution in [2.75, 3.05) is 6.61 Å². The predicted octanol–water partition coefficient (Wildman–Crippen LogP) is 1.63. The van der Waals surface area contributed by atoms with Crippen molar-refractivity contribution in [2.24, 2.45) is 5.92 Å². The molecule has 0 saturated carbocycles. The zero-order chi connectivity index (χ0) is 22.4. The van der Waals surface area contributed by atoms with Gasteiger partial charge in [0.05, 0.1) is 6.61 Å². The first-order valence-electron chi connectivity index (χ1n) is 9.40. The summed E-state index contributed by atoms with van der Waals surface area (Å²) in [5.74, 6) is -7.30. The SMILES string of the molecule is CCCCOC(=O)[C@H](CC(=O)C1C(=O)OC(C)(C)OC1=O)NC(=O)OC(C)(C)C. The Bertz CT molecular complexity index is 643. The van der Waals surface area contributed by atoms with E-state index in [1.54, 1.807) is 20.8 Å². The van der Waals surface area contributed by atoms with Crippen LogP contribution in [0.15, 0.2) is 0 Å². The highest BCUT2D eigenvalue weighted by atomic mass is 16.7. The van der Waals surface area contributed by atoms with E-state index in [9.17, 15) is 24.0 Å². The van der Waals surface area contributed by atoms with Crippen molar-refractivity contribution in [3.63, 3.8) is 0 Å². The Labute approximate surface area is 169 Å². The van der Waals surface area contributed by atoms with Gasteiger partial charge in [0.25, 0.3) is 5.79 Å². The van der Waals surface area contributed by atoms with Gasteiger partial charge >= 0.3 is 24.0 Å². The summed E-state index contributed by atoms with van der Waals surface area (Å²) in [5, 5.41) is 2.26. The van der Waals surface area contributed by atoms with Crippen LogP contribution >= 0.6 is 0 Å². The smallest absolute Gasteiger partial charge is 0.408 e. The topological polar surface area (TPSA) is 134 Å². The van der Waals surface area contributed by atoms with E-state index in [1.807, 2.05) is 6.92 Å². The molecular formula is C19H29NO9. The first kappa shape index (κ1) is 24.4. The van der Waals surface area contributed by atoms with E-state index in [-0.39, 0.29) is 6.61 Å². The number of unbranched alkanes of at least 4 members (excludes halogenated alkanes) is 1. The summed E-state index contributed by atoms with van der Waals surface area (Å²) >= 11 is 0. The molecule has 29 heavy (non-hydrogen) atoms. The molecule has 1 aliphatic heterocycles. The van der Waals surface area contributed by atoms with Gasteiger partial charge in [-0.1, -0.05) is 13.3 Å². The average Bonchev–Trinajstić information content (AvgIpc) is 2.50. The lowest BCUT2D eigenvalue weighted by molar-refractivity contribution is -0.238. The normalized spacial score (nSPS) is 17.6. The molecule has 0 spiro atoms. The van der Waals surface area contributed by atoms with E-state index in [0.29, 0.717) is 6.42 Å². The summed E-state index contributed by atoms with van der Waals surface area (Å²) in [7, 11) is 0. The number of carbonyl (C=O) groups excluding carboxylic acids is 5. The molecule has 10 heteroatoms. The van der Waals surface area contributed by atoms with Gasteiger partial charge in [0.1, 0.15) is 11.6 Å². The van der Waals surface area contributed by atoms with Crippen molar-refractivity contribution in [2.45, 2.75) is 78.2 Å². The molecular weight excluding hydrogens is 386 g/mol. The fraction of sp³-hybridized carbons (Fsp3) is 0.737. The highest BCUT2D eigenvalue weighted by Gasteiger charge is 2.48. The number of amides is 1. The van der Waals surface area contributed by atoms with Crippen LogP contribution in [0.5, 0.6) is 0 Å². The summed E-state index contributed by atoms with van der Waals surface area (Å²) in [6, 6.07) is -1.44. The van der Waals surface area contributed by atoms with Crippen molar-refractivity contribution < 1.29 is 42.9 Å². The second-order valence-corrected chi connectivity index (χ2v) is 8.07. The molecule has 0 aliphatic carbocycles. The fourth-order valence-corrected chi connectivity index (χ4v) is 2.36. The lowest BCUT2D eigenvalue weighted by Gasteiger charge is -2.32. The van der Waals surface area contributed by atoms with Crippen LogP contribution in [0, 0.1) is 5.92 Å². The molecule has 0 aromatic rings. The molecule has 0 unspecified atom stereocenters. The van der Waals surface area contributed by atoms with E-state index in [2.05, 4.69) is 5.32 Å². The van der Waals surface area contributed by atoms with Crippen molar-refractivity contribution in [1.29, 1.82) is 0 Å². The van der Waals surface area contributed by atoms with Crippen molar-refractivity contribution in [3.05, 3.63) is 0 Å². The monoisotopic (exact) mass is 415 g/mol. The number of ketones is 1. The van der Waals surface area contributed by atoms with Gasteiger partial charge < -0.3 is 24.3 Å². The number of cyclic esters (lactones) is 2. The maximum atomic E-state index is 12.5. The van der Waals surface area contributed by atoms with E-state index < -0.39 is 59.6 Å². The summed E-state index contributed by atoms with van der Waals surface area (Å²) in [6.45, 7) is 9.57. The number of hydrogen-bond donors (Lipinski definition) is 1. The first-order chi connectivity index (χ1) is 13.3. The van der Waals surface area contributed by atoms with Gasteiger partial charge in [-0.2, -0.15) is 0 Å². The molecule has 1 saturated heterocycles. The largest absolute Gasteiger partial charge is 0.464 e. The third-order valence-corrected chi connectivity index (χ3v) is 3.61. The number of carbonyl (C=O) groups is 5. The molecule has 10 nitrogen and oxygen atoms in total. The van der Waals surface area contributed by atoms with Crippen molar-refractivity contribution in [1.82, 2.24) is 5.32 Å². The highest BCUT2D eigenvalue weighted by Crippen LogP contribution is 2.24. The third-order valence-electron chi connectivity index (χ3n) is 3.61. The molecule has 0 aromatic carbocycles. The Morgan fingerprint density at radius 3 is 2.17 bits per heavy atom. The molecule has 0 radical (unpaired) electrons. The minimum atomic E-state index is -1.84. The van der Waals surface area contributed by atoms with Crippen molar-refractivity contribution in [3.8, 4) is 0 Å².